The molecule has 16 heavy (non-hydrogen) atoms. The van der Waals surface area contributed by atoms with Crippen molar-refractivity contribution in [2.75, 3.05) is 12.4 Å². The lowest BCUT2D eigenvalue weighted by Gasteiger charge is -2.07. The monoisotopic (exact) mass is 355 g/mol. The van der Waals surface area contributed by atoms with Crippen LogP contribution >= 0.6 is 34.4 Å². The molecule has 0 bridgehead atoms. The average molecular weight is 355 g/mol. The fraction of sp³-hybridized carbons (Fsp3) is 0.333. The third kappa shape index (κ3) is 3.89. The molecule has 1 atom stereocenters. The summed E-state index contributed by atoms with van der Waals surface area (Å²) in [4.78, 5) is 10.8. The first-order chi connectivity index (χ1) is 7.54. The number of benzene rings is 1. The molecule has 0 saturated carbocycles. The van der Waals surface area contributed by atoms with Gasteiger partial charge in [0.2, 0.25) is 0 Å². The summed E-state index contributed by atoms with van der Waals surface area (Å²) < 4.78 is 0.788. The summed E-state index contributed by atoms with van der Waals surface area (Å²) >= 11 is 3.16. The fourth-order valence-corrected chi connectivity index (χ4v) is 2.39. The first-order valence-corrected chi connectivity index (χ1v) is 6.46. The van der Waals surface area contributed by atoms with Crippen molar-refractivity contribution in [3.8, 4) is 0 Å². The van der Waals surface area contributed by atoms with E-state index < -0.39 is 11.0 Å². The quantitative estimate of drug-likeness (QED) is 0.363. The van der Waals surface area contributed by atoms with E-state index in [4.69, 9.17) is 10.2 Å². The highest BCUT2D eigenvalue weighted by molar-refractivity contribution is 14.1. The van der Waals surface area contributed by atoms with Gasteiger partial charge in [0.25, 0.3) is 5.69 Å². The van der Waals surface area contributed by atoms with E-state index in [1.165, 1.54) is 6.07 Å². The second kappa shape index (κ2) is 6.38. The van der Waals surface area contributed by atoms with Crippen LogP contribution in [0.2, 0.25) is 0 Å². The van der Waals surface area contributed by atoms with Crippen LogP contribution in [-0.2, 0) is 0 Å². The van der Waals surface area contributed by atoms with Crippen LogP contribution in [0.25, 0.3) is 0 Å². The summed E-state index contributed by atoms with van der Waals surface area (Å²) in [6, 6.07) is 4.89. The maximum Gasteiger partial charge on any atom is 0.283 e. The van der Waals surface area contributed by atoms with Crippen molar-refractivity contribution < 1.29 is 15.1 Å². The number of thioether (sulfide) groups is 1. The zero-order valence-electron chi connectivity index (χ0n) is 8.17. The van der Waals surface area contributed by atoms with Crippen LogP contribution in [0.4, 0.5) is 5.69 Å². The average Bonchev–Trinajstić information content (AvgIpc) is 2.26. The van der Waals surface area contributed by atoms with Gasteiger partial charge in [0, 0.05) is 15.4 Å². The van der Waals surface area contributed by atoms with Gasteiger partial charge in [-0.15, -0.1) is 11.8 Å². The molecule has 0 aromatic heterocycles. The molecule has 0 heterocycles. The van der Waals surface area contributed by atoms with E-state index in [9.17, 15) is 10.1 Å². The lowest BCUT2D eigenvalue weighted by atomic mass is 10.3. The molecule has 0 saturated heterocycles. The molecule has 0 fully saturated rings. The van der Waals surface area contributed by atoms with E-state index in [2.05, 4.69) is 0 Å². The fourth-order valence-electron chi connectivity index (χ4n) is 0.994. The maximum atomic E-state index is 10.8. The van der Waals surface area contributed by atoms with Crippen molar-refractivity contribution in [1.82, 2.24) is 0 Å². The molecule has 0 spiro atoms. The Morgan fingerprint density at radius 1 is 1.56 bits per heavy atom. The first-order valence-electron chi connectivity index (χ1n) is 4.40. The minimum absolute atomic E-state index is 0.0297. The molecule has 88 valence electrons. The molecule has 1 rings (SSSR count). The number of nitrogens with zero attached hydrogens (tertiary/aromatic N) is 1. The molecule has 0 aliphatic rings. The number of hydrogen-bond acceptors (Lipinski definition) is 5. The predicted molar refractivity (Wildman–Crippen MR) is 69.6 cm³/mol. The van der Waals surface area contributed by atoms with Gasteiger partial charge >= 0.3 is 0 Å². The van der Waals surface area contributed by atoms with Crippen molar-refractivity contribution >= 4 is 40.0 Å². The zero-order valence-corrected chi connectivity index (χ0v) is 11.1. The second-order valence-corrected chi connectivity index (χ2v) is 5.32. The van der Waals surface area contributed by atoms with Gasteiger partial charge in [0.1, 0.15) is 0 Å². The number of halogens is 1. The molecule has 1 aromatic rings. The minimum Gasteiger partial charge on any atom is -0.394 e. The Morgan fingerprint density at radius 2 is 2.25 bits per heavy atom. The van der Waals surface area contributed by atoms with E-state index in [-0.39, 0.29) is 18.0 Å². The summed E-state index contributed by atoms with van der Waals surface area (Å²) in [7, 11) is 0. The number of aliphatic hydroxyl groups is 2. The highest BCUT2D eigenvalue weighted by Crippen LogP contribution is 2.30. The molecule has 1 aromatic carbocycles. The van der Waals surface area contributed by atoms with Crippen LogP contribution < -0.4 is 0 Å². The second-order valence-electron chi connectivity index (χ2n) is 3.02. The van der Waals surface area contributed by atoms with E-state index >= 15 is 0 Å². The van der Waals surface area contributed by atoms with Gasteiger partial charge in [0.05, 0.1) is 22.5 Å². The summed E-state index contributed by atoms with van der Waals surface area (Å²) in [5, 5.41) is 28.6. The summed E-state index contributed by atoms with van der Waals surface area (Å²) in [5.41, 5.74) is 0.0297. The third-order valence-corrected chi connectivity index (χ3v) is 3.64. The number of nitro benzene ring substituents is 1. The van der Waals surface area contributed by atoms with Gasteiger partial charge in [-0.05, 0) is 34.7 Å². The normalized spacial score (nSPS) is 12.4. The Kier molecular flexibility index (Phi) is 5.46. The van der Waals surface area contributed by atoms with Gasteiger partial charge in [-0.25, -0.2) is 0 Å². The smallest absolute Gasteiger partial charge is 0.283 e. The van der Waals surface area contributed by atoms with Crippen molar-refractivity contribution in [3.05, 3.63) is 31.9 Å². The Bertz CT molecular complexity index is 388. The highest BCUT2D eigenvalue weighted by Gasteiger charge is 2.15. The van der Waals surface area contributed by atoms with E-state index in [0.29, 0.717) is 4.90 Å². The van der Waals surface area contributed by atoms with E-state index in [1.807, 2.05) is 22.6 Å². The SMILES string of the molecule is O=[N+]([O-])c1cc(I)ccc1SCC(O)CO. The first kappa shape index (κ1) is 13.7. The van der Waals surface area contributed by atoms with Crippen molar-refractivity contribution in [3.63, 3.8) is 0 Å². The number of rotatable bonds is 5. The van der Waals surface area contributed by atoms with Crippen LogP contribution in [0.1, 0.15) is 0 Å². The van der Waals surface area contributed by atoms with Gasteiger partial charge in [-0.1, -0.05) is 0 Å². The molecule has 0 aliphatic carbocycles. The molecule has 0 amide bonds. The van der Waals surface area contributed by atoms with E-state index in [0.717, 1.165) is 15.3 Å². The lowest BCUT2D eigenvalue weighted by Crippen LogP contribution is -2.14. The van der Waals surface area contributed by atoms with Crippen molar-refractivity contribution in [1.29, 1.82) is 0 Å². The number of hydrogen-bond donors (Lipinski definition) is 2. The van der Waals surface area contributed by atoms with Gasteiger partial charge in [-0.2, -0.15) is 0 Å². The number of aliphatic hydroxyl groups excluding tert-OH is 2. The molecule has 0 aliphatic heterocycles. The molecule has 2 N–H and O–H groups in total. The molecular weight excluding hydrogens is 345 g/mol. The molecule has 1 unspecified atom stereocenters. The lowest BCUT2D eigenvalue weighted by molar-refractivity contribution is -0.387. The number of nitro groups is 1. The topological polar surface area (TPSA) is 83.6 Å². The Labute approximate surface area is 110 Å². The van der Waals surface area contributed by atoms with Crippen LogP contribution in [0.15, 0.2) is 23.1 Å². The van der Waals surface area contributed by atoms with Crippen LogP contribution in [0.3, 0.4) is 0 Å². The van der Waals surface area contributed by atoms with Crippen LogP contribution in [-0.4, -0.2) is 33.6 Å². The van der Waals surface area contributed by atoms with Crippen LogP contribution in [0, 0.1) is 13.7 Å². The molecule has 0 radical (unpaired) electrons. The standard InChI is InChI=1S/C9H10INO4S/c10-6-1-2-9(8(3-6)11(14)15)16-5-7(13)4-12/h1-3,7,12-13H,4-5H2. The van der Waals surface area contributed by atoms with Gasteiger partial charge in [-0.3, -0.25) is 10.1 Å². The highest BCUT2D eigenvalue weighted by atomic mass is 127. The Morgan fingerprint density at radius 3 is 2.81 bits per heavy atom. The maximum absolute atomic E-state index is 10.8. The van der Waals surface area contributed by atoms with Crippen molar-refractivity contribution in [2.45, 2.75) is 11.0 Å². The van der Waals surface area contributed by atoms with E-state index in [1.54, 1.807) is 12.1 Å². The Balaban J connectivity index is 2.82. The zero-order chi connectivity index (χ0) is 12.1. The summed E-state index contributed by atoms with van der Waals surface area (Å²) in [6.07, 6.45) is -0.858. The van der Waals surface area contributed by atoms with Gasteiger partial charge in [0.15, 0.2) is 0 Å². The van der Waals surface area contributed by atoms with Crippen LogP contribution in [0.5, 0.6) is 0 Å². The molecule has 5 nitrogen and oxygen atoms in total. The largest absolute Gasteiger partial charge is 0.394 e. The minimum atomic E-state index is -0.858. The van der Waals surface area contributed by atoms with Gasteiger partial charge < -0.3 is 10.2 Å². The Hall–Kier alpha value is -0.380. The molecule has 7 heteroatoms. The summed E-state index contributed by atoms with van der Waals surface area (Å²) in [6.45, 7) is -0.342. The molecular formula is C9H10INO4S. The predicted octanol–water partition coefficient (Wildman–Crippen LogP) is 1.64. The summed E-state index contributed by atoms with van der Waals surface area (Å²) in [5.74, 6) is 0.234. The third-order valence-electron chi connectivity index (χ3n) is 1.76. The van der Waals surface area contributed by atoms with Crippen molar-refractivity contribution in [2.24, 2.45) is 0 Å².